The van der Waals surface area contributed by atoms with E-state index in [1.54, 1.807) is 4.31 Å². The van der Waals surface area contributed by atoms with E-state index in [4.69, 9.17) is 11.6 Å². The van der Waals surface area contributed by atoms with Gasteiger partial charge in [0.15, 0.2) is 0 Å². The predicted octanol–water partition coefficient (Wildman–Crippen LogP) is 2.10. The van der Waals surface area contributed by atoms with Crippen molar-refractivity contribution in [1.29, 1.82) is 0 Å². The summed E-state index contributed by atoms with van der Waals surface area (Å²) in [5.74, 6) is 0. The highest BCUT2D eigenvalue weighted by Crippen LogP contribution is 2.19. The molecule has 1 aliphatic heterocycles. The smallest absolute Gasteiger partial charge is 0.199 e. The summed E-state index contributed by atoms with van der Waals surface area (Å²) in [6.07, 6.45) is 3.65. The quantitative estimate of drug-likeness (QED) is 0.785. The number of nitrogens with one attached hydrogen (secondary N) is 1. The first-order valence-electron chi connectivity index (χ1n) is 6.26. The Morgan fingerprint density at radius 2 is 2.06 bits per heavy atom. The molecule has 17 heavy (non-hydrogen) atoms. The van der Waals surface area contributed by atoms with E-state index in [1.807, 2.05) is 20.8 Å². The number of halogens is 1. The zero-order valence-corrected chi connectivity index (χ0v) is 12.4. The summed E-state index contributed by atoms with van der Waals surface area (Å²) in [5.41, 5.74) is 0. The molecule has 1 rings (SSSR count). The van der Waals surface area contributed by atoms with Gasteiger partial charge in [0.2, 0.25) is 0 Å². The lowest BCUT2D eigenvalue weighted by Gasteiger charge is -2.33. The average molecular weight is 283 g/mol. The van der Waals surface area contributed by atoms with Crippen LogP contribution in [0.3, 0.4) is 0 Å². The van der Waals surface area contributed by atoms with Crippen LogP contribution in [0.1, 0.15) is 46.5 Å². The largest absolute Gasteiger partial charge is 0.279 e. The van der Waals surface area contributed by atoms with E-state index in [-0.39, 0.29) is 17.5 Å². The van der Waals surface area contributed by atoms with Crippen LogP contribution in [-0.4, -0.2) is 36.7 Å². The van der Waals surface area contributed by atoms with E-state index >= 15 is 0 Å². The molecular formula is C11H23ClN2O2S. The number of rotatable bonds is 5. The lowest BCUT2D eigenvalue weighted by atomic mass is 10.1. The molecule has 1 N–H and O–H groups in total. The Morgan fingerprint density at radius 3 is 2.59 bits per heavy atom. The Bertz CT molecular complexity index is 332. The Labute approximate surface area is 110 Å². The van der Waals surface area contributed by atoms with Gasteiger partial charge in [0, 0.05) is 24.0 Å². The zero-order valence-electron chi connectivity index (χ0n) is 10.8. The first-order chi connectivity index (χ1) is 7.83. The Hall–Kier alpha value is 0.160. The van der Waals surface area contributed by atoms with Gasteiger partial charge < -0.3 is 0 Å². The molecule has 1 saturated heterocycles. The zero-order chi connectivity index (χ0) is 13.1. The molecule has 0 bridgehead atoms. The molecule has 1 fully saturated rings. The highest BCUT2D eigenvalue weighted by Gasteiger charge is 2.30. The highest BCUT2D eigenvalue weighted by atomic mass is 35.5. The van der Waals surface area contributed by atoms with Crippen molar-refractivity contribution in [3.63, 3.8) is 0 Å². The Kier molecular flexibility index (Phi) is 5.70. The minimum atomic E-state index is -3.35. The molecule has 3 atom stereocenters. The number of hydrogen-bond donors (Lipinski definition) is 1. The maximum Gasteiger partial charge on any atom is 0.279 e. The second-order valence-corrected chi connectivity index (χ2v) is 7.40. The van der Waals surface area contributed by atoms with E-state index in [1.165, 1.54) is 0 Å². The van der Waals surface area contributed by atoms with Crippen molar-refractivity contribution in [2.75, 3.05) is 6.54 Å². The number of piperidine rings is 1. The molecule has 0 aromatic carbocycles. The van der Waals surface area contributed by atoms with E-state index in [9.17, 15) is 8.42 Å². The summed E-state index contributed by atoms with van der Waals surface area (Å²) in [7, 11) is -3.35. The second kappa shape index (κ2) is 6.36. The number of hydrogen-bond acceptors (Lipinski definition) is 2. The minimum absolute atomic E-state index is 0.0218. The summed E-state index contributed by atoms with van der Waals surface area (Å²) >= 11 is 5.87. The first kappa shape index (κ1) is 15.2. The molecule has 1 heterocycles. The first-order valence-corrected chi connectivity index (χ1v) is 8.13. The van der Waals surface area contributed by atoms with E-state index in [0.717, 1.165) is 19.3 Å². The third kappa shape index (κ3) is 4.73. The van der Waals surface area contributed by atoms with Crippen LogP contribution in [0, 0.1) is 0 Å². The maximum atomic E-state index is 12.2. The van der Waals surface area contributed by atoms with Gasteiger partial charge in [-0.25, -0.2) is 0 Å². The van der Waals surface area contributed by atoms with Gasteiger partial charge in [-0.2, -0.15) is 17.4 Å². The molecule has 102 valence electrons. The van der Waals surface area contributed by atoms with Crippen LogP contribution in [0.25, 0.3) is 0 Å². The van der Waals surface area contributed by atoms with Crippen molar-refractivity contribution in [2.24, 2.45) is 0 Å². The molecule has 4 nitrogen and oxygen atoms in total. The molecule has 1 aliphatic rings. The summed E-state index contributed by atoms with van der Waals surface area (Å²) in [5, 5.41) is -0.0218. The van der Waals surface area contributed by atoms with Crippen LogP contribution in [0.4, 0.5) is 0 Å². The fourth-order valence-corrected chi connectivity index (χ4v) is 4.24. The minimum Gasteiger partial charge on any atom is -0.199 e. The van der Waals surface area contributed by atoms with Gasteiger partial charge in [-0.3, -0.25) is 0 Å². The lowest BCUT2D eigenvalue weighted by Crippen LogP contribution is -2.50. The summed E-state index contributed by atoms with van der Waals surface area (Å²) in [4.78, 5) is 0. The normalized spacial score (nSPS) is 26.7. The van der Waals surface area contributed by atoms with Gasteiger partial charge in [-0.15, -0.1) is 11.6 Å². The van der Waals surface area contributed by atoms with Gasteiger partial charge in [-0.05, 0) is 40.0 Å². The lowest BCUT2D eigenvalue weighted by molar-refractivity contribution is 0.263. The van der Waals surface area contributed by atoms with Crippen LogP contribution in [0.5, 0.6) is 0 Å². The summed E-state index contributed by atoms with van der Waals surface area (Å²) in [6.45, 7) is 6.31. The van der Waals surface area contributed by atoms with E-state index in [2.05, 4.69) is 4.72 Å². The average Bonchev–Trinajstić information content (AvgIpc) is 2.15. The van der Waals surface area contributed by atoms with Crippen molar-refractivity contribution >= 4 is 21.8 Å². The second-order valence-electron chi connectivity index (χ2n) is 5.00. The number of alkyl halides is 1. The fraction of sp³-hybridized carbons (Fsp3) is 1.00. The topological polar surface area (TPSA) is 49.4 Å². The molecule has 0 amide bonds. The van der Waals surface area contributed by atoms with Crippen molar-refractivity contribution in [3.8, 4) is 0 Å². The van der Waals surface area contributed by atoms with Crippen molar-refractivity contribution in [2.45, 2.75) is 63.9 Å². The Balaban J connectivity index is 2.60. The van der Waals surface area contributed by atoms with Crippen LogP contribution in [0.2, 0.25) is 0 Å². The van der Waals surface area contributed by atoms with Crippen LogP contribution < -0.4 is 4.72 Å². The fourth-order valence-electron chi connectivity index (χ4n) is 2.29. The van der Waals surface area contributed by atoms with Crippen molar-refractivity contribution < 1.29 is 8.42 Å². The monoisotopic (exact) mass is 282 g/mol. The van der Waals surface area contributed by atoms with Crippen LogP contribution >= 0.6 is 11.6 Å². The molecule has 0 aliphatic carbocycles. The summed E-state index contributed by atoms with van der Waals surface area (Å²) < 4.78 is 28.6. The molecule has 0 aromatic heterocycles. The molecule has 3 unspecified atom stereocenters. The SMILES string of the molecule is CC(Cl)CC(C)NS(=O)(=O)N1CCCCC1C. The standard InChI is InChI=1S/C11H23ClN2O2S/c1-9(12)8-10(2)13-17(15,16)14-7-5-4-6-11(14)3/h9-11,13H,4-8H2,1-3H3. The molecule has 0 radical (unpaired) electrons. The van der Waals surface area contributed by atoms with E-state index < -0.39 is 10.2 Å². The molecule has 0 spiro atoms. The third-order valence-corrected chi connectivity index (χ3v) is 5.12. The van der Waals surface area contributed by atoms with Gasteiger partial charge in [0.1, 0.15) is 0 Å². The highest BCUT2D eigenvalue weighted by molar-refractivity contribution is 7.87. The van der Waals surface area contributed by atoms with Crippen molar-refractivity contribution in [1.82, 2.24) is 9.03 Å². The number of nitrogens with zero attached hydrogens (tertiary/aromatic N) is 1. The van der Waals surface area contributed by atoms with Gasteiger partial charge >= 0.3 is 0 Å². The Morgan fingerprint density at radius 1 is 1.41 bits per heavy atom. The van der Waals surface area contributed by atoms with E-state index in [0.29, 0.717) is 13.0 Å². The van der Waals surface area contributed by atoms with Gasteiger partial charge in [0.25, 0.3) is 10.2 Å². The van der Waals surface area contributed by atoms with Crippen LogP contribution in [0.15, 0.2) is 0 Å². The third-order valence-electron chi connectivity index (χ3n) is 3.08. The molecule has 0 aromatic rings. The van der Waals surface area contributed by atoms with Crippen LogP contribution in [-0.2, 0) is 10.2 Å². The van der Waals surface area contributed by atoms with Gasteiger partial charge in [0.05, 0.1) is 0 Å². The molecule has 0 saturated carbocycles. The molecule has 6 heteroatoms. The summed E-state index contributed by atoms with van der Waals surface area (Å²) in [6, 6.07) is -0.0245. The predicted molar refractivity (Wildman–Crippen MR) is 71.5 cm³/mol. The van der Waals surface area contributed by atoms with Crippen molar-refractivity contribution in [3.05, 3.63) is 0 Å². The molecular weight excluding hydrogens is 260 g/mol. The van der Waals surface area contributed by atoms with Gasteiger partial charge in [-0.1, -0.05) is 6.42 Å². The maximum absolute atomic E-state index is 12.2.